The Hall–Kier alpha value is -2.28. The Morgan fingerprint density at radius 2 is 2.36 bits per heavy atom. The van der Waals surface area contributed by atoms with Crippen LogP contribution in [0.4, 0.5) is 0 Å². The summed E-state index contributed by atoms with van der Waals surface area (Å²) < 4.78 is 5.12. The van der Waals surface area contributed by atoms with Gasteiger partial charge in [-0.05, 0) is 33.0 Å². The number of carbonyl (C=O) groups excluding carboxylic acids is 1. The first-order valence-corrected chi connectivity index (χ1v) is 7.31. The fraction of sp³-hybridized carbons (Fsp3) is 0.467. The third-order valence-corrected chi connectivity index (χ3v) is 3.66. The molecule has 3 rings (SSSR count). The third kappa shape index (κ3) is 2.99. The van der Waals surface area contributed by atoms with Crippen LogP contribution in [-0.4, -0.2) is 51.3 Å². The van der Waals surface area contributed by atoms with Crippen molar-refractivity contribution >= 4 is 5.91 Å². The average Bonchev–Trinajstić information content (AvgIpc) is 3.18. The summed E-state index contributed by atoms with van der Waals surface area (Å²) in [7, 11) is 3.99. The lowest BCUT2D eigenvalue weighted by atomic mass is 10.2. The molecule has 1 aliphatic rings. The molecule has 2 aromatic heterocycles. The van der Waals surface area contributed by atoms with E-state index in [-0.39, 0.29) is 17.7 Å². The maximum Gasteiger partial charge on any atom is 0.291 e. The molecule has 0 radical (unpaired) electrons. The zero-order valence-corrected chi connectivity index (χ0v) is 12.8. The summed E-state index contributed by atoms with van der Waals surface area (Å²) in [6.07, 6.45) is 6.28. The van der Waals surface area contributed by atoms with Crippen molar-refractivity contribution in [2.45, 2.75) is 25.4 Å². The molecule has 22 heavy (non-hydrogen) atoms. The van der Waals surface area contributed by atoms with Crippen molar-refractivity contribution in [1.29, 1.82) is 0 Å². The van der Waals surface area contributed by atoms with Gasteiger partial charge in [0, 0.05) is 19.3 Å². The van der Waals surface area contributed by atoms with Crippen LogP contribution in [0, 0.1) is 0 Å². The second kappa shape index (κ2) is 6.23. The molecule has 2 aromatic rings. The van der Waals surface area contributed by atoms with E-state index in [0.29, 0.717) is 12.4 Å². The predicted molar refractivity (Wildman–Crippen MR) is 78.9 cm³/mol. The molecule has 0 unspecified atom stereocenters. The lowest BCUT2D eigenvalue weighted by molar-refractivity contribution is 0.0697. The van der Waals surface area contributed by atoms with Crippen LogP contribution in [0.25, 0.3) is 0 Å². The highest BCUT2D eigenvalue weighted by molar-refractivity contribution is 5.91. The summed E-state index contributed by atoms with van der Waals surface area (Å²) in [5.74, 6) is 0.808. The van der Waals surface area contributed by atoms with E-state index >= 15 is 0 Å². The molecule has 1 atom stereocenters. The van der Waals surface area contributed by atoms with Crippen molar-refractivity contribution in [3.05, 3.63) is 42.1 Å². The minimum absolute atomic E-state index is 0.0975. The standard InChI is InChI=1S/C15H19N5O2/c1-19(2)9-11-5-6-17-14(18-11)12-4-3-7-20(12)15(21)13-8-16-10-22-13/h5-6,8,10,12H,3-4,7,9H2,1-2H3/t12-/m0/s1. The Balaban J connectivity index is 1.82. The largest absolute Gasteiger partial charge is 0.438 e. The van der Waals surface area contributed by atoms with Gasteiger partial charge in [-0.3, -0.25) is 4.79 Å². The molecule has 0 bridgehead atoms. The molecule has 7 heteroatoms. The number of hydrogen-bond acceptors (Lipinski definition) is 6. The molecular formula is C15H19N5O2. The fourth-order valence-corrected chi connectivity index (χ4v) is 2.73. The first-order valence-electron chi connectivity index (χ1n) is 7.31. The van der Waals surface area contributed by atoms with E-state index in [9.17, 15) is 4.79 Å². The summed E-state index contributed by atoms with van der Waals surface area (Å²) in [5.41, 5.74) is 0.953. The molecule has 3 heterocycles. The Morgan fingerprint density at radius 3 is 3.09 bits per heavy atom. The van der Waals surface area contributed by atoms with Crippen LogP contribution in [0.2, 0.25) is 0 Å². The van der Waals surface area contributed by atoms with Gasteiger partial charge in [-0.2, -0.15) is 0 Å². The number of nitrogens with zero attached hydrogens (tertiary/aromatic N) is 5. The van der Waals surface area contributed by atoms with Gasteiger partial charge in [-0.25, -0.2) is 15.0 Å². The molecule has 0 N–H and O–H groups in total. The quantitative estimate of drug-likeness (QED) is 0.852. The van der Waals surface area contributed by atoms with Gasteiger partial charge in [0.25, 0.3) is 5.91 Å². The summed E-state index contributed by atoms with van der Waals surface area (Å²) in [4.78, 5) is 29.1. The van der Waals surface area contributed by atoms with Crippen LogP contribution in [0.3, 0.4) is 0 Å². The third-order valence-electron chi connectivity index (χ3n) is 3.66. The second-order valence-corrected chi connectivity index (χ2v) is 5.67. The minimum atomic E-state index is -0.151. The van der Waals surface area contributed by atoms with Gasteiger partial charge in [0.15, 0.2) is 12.2 Å². The average molecular weight is 301 g/mol. The number of likely N-dealkylation sites (tertiary alicyclic amines) is 1. The van der Waals surface area contributed by atoms with E-state index in [0.717, 1.165) is 25.1 Å². The van der Waals surface area contributed by atoms with E-state index in [1.807, 2.05) is 20.2 Å². The van der Waals surface area contributed by atoms with Gasteiger partial charge in [0.2, 0.25) is 5.76 Å². The van der Waals surface area contributed by atoms with Gasteiger partial charge < -0.3 is 14.2 Å². The molecule has 0 saturated carbocycles. The monoisotopic (exact) mass is 301 g/mol. The zero-order valence-electron chi connectivity index (χ0n) is 12.8. The molecule has 7 nitrogen and oxygen atoms in total. The van der Waals surface area contributed by atoms with Crippen molar-refractivity contribution in [1.82, 2.24) is 24.8 Å². The van der Waals surface area contributed by atoms with Gasteiger partial charge in [0.05, 0.1) is 17.9 Å². The number of oxazole rings is 1. The normalized spacial score (nSPS) is 18.1. The van der Waals surface area contributed by atoms with Crippen molar-refractivity contribution in [3.8, 4) is 0 Å². The number of hydrogen-bond donors (Lipinski definition) is 0. The SMILES string of the molecule is CN(C)Cc1ccnc([C@@H]2CCCN2C(=O)c2cnco2)n1. The molecular weight excluding hydrogens is 282 g/mol. The molecule has 0 aliphatic carbocycles. The zero-order chi connectivity index (χ0) is 15.5. The van der Waals surface area contributed by atoms with Crippen LogP contribution < -0.4 is 0 Å². The van der Waals surface area contributed by atoms with E-state index in [2.05, 4.69) is 19.9 Å². The van der Waals surface area contributed by atoms with E-state index in [1.165, 1.54) is 12.6 Å². The highest BCUT2D eigenvalue weighted by atomic mass is 16.3. The Labute approximate surface area is 129 Å². The smallest absolute Gasteiger partial charge is 0.291 e. The summed E-state index contributed by atoms with van der Waals surface area (Å²) in [5, 5.41) is 0. The van der Waals surface area contributed by atoms with Crippen LogP contribution in [0.1, 0.15) is 41.0 Å². The topological polar surface area (TPSA) is 75.4 Å². The molecule has 1 aliphatic heterocycles. The number of rotatable bonds is 4. The molecule has 0 spiro atoms. The van der Waals surface area contributed by atoms with Gasteiger partial charge >= 0.3 is 0 Å². The highest BCUT2D eigenvalue weighted by Gasteiger charge is 2.33. The summed E-state index contributed by atoms with van der Waals surface area (Å²) in [6.45, 7) is 1.43. The summed E-state index contributed by atoms with van der Waals surface area (Å²) in [6, 6.07) is 1.81. The molecule has 1 amide bonds. The number of aromatic nitrogens is 3. The van der Waals surface area contributed by atoms with Gasteiger partial charge in [-0.15, -0.1) is 0 Å². The molecule has 1 fully saturated rings. The Bertz CT molecular complexity index is 641. The van der Waals surface area contributed by atoms with E-state index < -0.39 is 0 Å². The first-order chi connectivity index (χ1) is 10.6. The van der Waals surface area contributed by atoms with Crippen molar-refractivity contribution < 1.29 is 9.21 Å². The summed E-state index contributed by atoms with van der Waals surface area (Å²) >= 11 is 0. The van der Waals surface area contributed by atoms with Crippen molar-refractivity contribution in [2.24, 2.45) is 0 Å². The minimum Gasteiger partial charge on any atom is -0.438 e. The Morgan fingerprint density at radius 1 is 1.50 bits per heavy atom. The molecule has 0 aromatic carbocycles. The maximum atomic E-state index is 12.5. The van der Waals surface area contributed by atoms with Crippen LogP contribution in [0.15, 0.2) is 29.3 Å². The molecule has 116 valence electrons. The lowest BCUT2D eigenvalue weighted by Crippen LogP contribution is -2.31. The van der Waals surface area contributed by atoms with Crippen LogP contribution in [0.5, 0.6) is 0 Å². The van der Waals surface area contributed by atoms with Crippen LogP contribution >= 0.6 is 0 Å². The van der Waals surface area contributed by atoms with Gasteiger partial charge in [-0.1, -0.05) is 0 Å². The first kappa shape index (κ1) is 14.6. The van der Waals surface area contributed by atoms with E-state index in [4.69, 9.17) is 4.42 Å². The van der Waals surface area contributed by atoms with Gasteiger partial charge in [0.1, 0.15) is 0 Å². The highest BCUT2D eigenvalue weighted by Crippen LogP contribution is 2.31. The number of carbonyl (C=O) groups is 1. The maximum absolute atomic E-state index is 12.5. The van der Waals surface area contributed by atoms with E-state index in [1.54, 1.807) is 11.1 Å². The second-order valence-electron chi connectivity index (χ2n) is 5.67. The fourth-order valence-electron chi connectivity index (χ4n) is 2.73. The molecule has 1 saturated heterocycles. The van der Waals surface area contributed by atoms with Crippen molar-refractivity contribution in [3.63, 3.8) is 0 Å². The van der Waals surface area contributed by atoms with Crippen LogP contribution in [-0.2, 0) is 6.54 Å². The number of amides is 1. The predicted octanol–water partition coefficient (Wildman–Crippen LogP) is 1.50. The Kier molecular flexibility index (Phi) is 4.15. The lowest BCUT2D eigenvalue weighted by Gasteiger charge is -2.22. The van der Waals surface area contributed by atoms with Crippen molar-refractivity contribution in [2.75, 3.05) is 20.6 Å².